The highest BCUT2D eigenvalue weighted by atomic mass is 35.5. The molecule has 0 aliphatic carbocycles. The van der Waals surface area contributed by atoms with Crippen molar-refractivity contribution >= 4 is 18.3 Å². The van der Waals surface area contributed by atoms with Crippen molar-refractivity contribution < 1.29 is 9.53 Å². The van der Waals surface area contributed by atoms with Crippen molar-refractivity contribution in [1.29, 1.82) is 0 Å². The van der Waals surface area contributed by atoms with Gasteiger partial charge in [-0.05, 0) is 13.8 Å². The zero-order valence-electron chi connectivity index (χ0n) is 10.7. The fraction of sp³-hybridized carbons (Fsp3) is 0.909. The van der Waals surface area contributed by atoms with Crippen molar-refractivity contribution in [3.8, 4) is 0 Å². The van der Waals surface area contributed by atoms with E-state index in [-0.39, 0.29) is 24.4 Å². The Bertz CT molecular complexity index is 211. The molecule has 0 aromatic heterocycles. The van der Waals surface area contributed by atoms with Crippen LogP contribution in [-0.2, 0) is 9.53 Å². The SMILES string of the molecule is CCOC(C)C(=O)NCCN1CCNCC1.Cl. The second-order valence-corrected chi connectivity index (χ2v) is 3.98. The van der Waals surface area contributed by atoms with Gasteiger partial charge in [0.15, 0.2) is 0 Å². The summed E-state index contributed by atoms with van der Waals surface area (Å²) < 4.78 is 5.21. The van der Waals surface area contributed by atoms with E-state index in [4.69, 9.17) is 4.74 Å². The summed E-state index contributed by atoms with van der Waals surface area (Å²) in [4.78, 5) is 13.9. The van der Waals surface area contributed by atoms with Crippen molar-refractivity contribution in [2.75, 3.05) is 45.9 Å². The van der Waals surface area contributed by atoms with E-state index in [0.29, 0.717) is 13.2 Å². The third-order valence-corrected chi connectivity index (χ3v) is 2.72. The lowest BCUT2D eigenvalue weighted by Crippen LogP contribution is -2.47. The van der Waals surface area contributed by atoms with Gasteiger partial charge in [-0.1, -0.05) is 0 Å². The minimum absolute atomic E-state index is 0. The van der Waals surface area contributed by atoms with Gasteiger partial charge in [0, 0.05) is 45.9 Å². The first kappa shape index (κ1) is 16.6. The van der Waals surface area contributed by atoms with Crippen molar-refractivity contribution in [3.63, 3.8) is 0 Å². The molecule has 1 amide bonds. The molecule has 1 atom stereocenters. The van der Waals surface area contributed by atoms with Gasteiger partial charge >= 0.3 is 0 Å². The predicted octanol–water partition coefficient (Wildman–Crippen LogP) is -0.145. The average Bonchev–Trinajstić information content (AvgIpc) is 2.30. The second-order valence-electron chi connectivity index (χ2n) is 3.98. The van der Waals surface area contributed by atoms with E-state index in [0.717, 1.165) is 32.7 Å². The first-order valence-electron chi connectivity index (χ1n) is 6.06. The Morgan fingerprint density at radius 3 is 2.71 bits per heavy atom. The number of carbonyl (C=O) groups excluding carboxylic acids is 1. The van der Waals surface area contributed by atoms with Crippen molar-refractivity contribution in [1.82, 2.24) is 15.5 Å². The first-order valence-corrected chi connectivity index (χ1v) is 6.06. The number of piperazine rings is 1. The van der Waals surface area contributed by atoms with Gasteiger partial charge in [0.25, 0.3) is 0 Å². The normalized spacial score (nSPS) is 18.2. The molecule has 0 saturated carbocycles. The molecule has 2 N–H and O–H groups in total. The van der Waals surface area contributed by atoms with Crippen molar-refractivity contribution in [3.05, 3.63) is 0 Å². The molecule has 0 spiro atoms. The first-order chi connectivity index (χ1) is 7.74. The Morgan fingerprint density at radius 1 is 1.47 bits per heavy atom. The van der Waals surface area contributed by atoms with E-state index >= 15 is 0 Å². The van der Waals surface area contributed by atoms with Crippen LogP contribution in [0.15, 0.2) is 0 Å². The standard InChI is InChI=1S/C11H23N3O2.ClH/c1-3-16-10(2)11(15)13-6-9-14-7-4-12-5-8-14;/h10,12H,3-9H2,1-2H3,(H,13,15);1H. The minimum atomic E-state index is -0.340. The lowest BCUT2D eigenvalue weighted by Gasteiger charge is -2.27. The summed E-state index contributed by atoms with van der Waals surface area (Å²) in [5.74, 6) is -0.0167. The average molecular weight is 266 g/mol. The van der Waals surface area contributed by atoms with Crippen LogP contribution >= 0.6 is 12.4 Å². The molecule has 0 bridgehead atoms. The number of nitrogens with zero attached hydrogens (tertiary/aromatic N) is 1. The van der Waals surface area contributed by atoms with Gasteiger partial charge in [-0.15, -0.1) is 12.4 Å². The van der Waals surface area contributed by atoms with Crippen LogP contribution in [0.4, 0.5) is 0 Å². The van der Waals surface area contributed by atoms with Crippen LogP contribution in [0.2, 0.25) is 0 Å². The third-order valence-electron chi connectivity index (χ3n) is 2.72. The summed E-state index contributed by atoms with van der Waals surface area (Å²) in [5.41, 5.74) is 0. The van der Waals surface area contributed by atoms with Gasteiger partial charge in [0.2, 0.25) is 5.91 Å². The highest BCUT2D eigenvalue weighted by molar-refractivity contribution is 5.85. The van der Waals surface area contributed by atoms with Crippen LogP contribution in [0.25, 0.3) is 0 Å². The zero-order valence-corrected chi connectivity index (χ0v) is 11.5. The third kappa shape index (κ3) is 6.83. The number of hydrogen-bond donors (Lipinski definition) is 2. The smallest absolute Gasteiger partial charge is 0.248 e. The van der Waals surface area contributed by atoms with Crippen LogP contribution in [-0.4, -0.2) is 62.8 Å². The monoisotopic (exact) mass is 265 g/mol. The summed E-state index contributed by atoms with van der Waals surface area (Å²) >= 11 is 0. The van der Waals surface area contributed by atoms with Gasteiger partial charge in [-0.2, -0.15) is 0 Å². The maximum atomic E-state index is 11.5. The molecule has 1 aliphatic rings. The van der Waals surface area contributed by atoms with Crippen molar-refractivity contribution in [2.24, 2.45) is 0 Å². The topological polar surface area (TPSA) is 53.6 Å². The Morgan fingerprint density at radius 2 is 2.12 bits per heavy atom. The molecule has 1 rings (SSSR count). The summed E-state index contributed by atoms with van der Waals surface area (Å²) in [6.07, 6.45) is -0.340. The second kappa shape index (κ2) is 9.65. The molecule has 17 heavy (non-hydrogen) atoms. The van der Waals surface area contributed by atoms with E-state index in [1.54, 1.807) is 6.92 Å². The molecule has 0 aromatic carbocycles. The summed E-state index contributed by atoms with van der Waals surface area (Å²) in [7, 11) is 0. The fourth-order valence-corrected chi connectivity index (χ4v) is 1.74. The molecule has 1 fully saturated rings. The van der Waals surface area contributed by atoms with Gasteiger partial charge in [-0.25, -0.2) is 0 Å². The van der Waals surface area contributed by atoms with E-state index in [1.807, 2.05) is 6.92 Å². The Balaban J connectivity index is 0.00000256. The van der Waals surface area contributed by atoms with E-state index in [1.165, 1.54) is 0 Å². The van der Waals surface area contributed by atoms with Crippen LogP contribution in [0.3, 0.4) is 0 Å². The summed E-state index contributed by atoms with van der Waals surface area (Å²) in [5, 5.41) is 6.19. The predicted molar refractivity (Wildman–Crippen MR) is 70.7 cm³/mol. The summed E-state index contributed by atoms with van der Waals surface area (Å²) in [6.45, 7) is 10.1. The van der Waals surface area contributed by atoms with Crippen LogP contribution < -0.4 is 10.6 Å². The molecule has 1 aliphatic heterocycles. The quantitative estimate of drug-likeness (QED) is 0.702. The molecule has 5 nitrogen and oxygen atoms in total. The molecule has 1 unspecified atom stereocenters. The molecular formula is C11H24ClN3O2. The van der Waals surface area contributed by atoms with E-state index < -0.39 is 0 Å². The van der Waals surface area contributed by atoms with E-state index in [2.05, 4.69) is 15.5 Å². The zero-order chi connectivity index (χ0) is 11.8. The fourth-order valence-electron chi connectivity index (χ4n) is 1.74. The number of nitrogens with one attached hydrogen (secondary N) is 2. The molecular weight excluding hydrogens is 242 g/mol. The number of amides is 1. The molecule has 1 saturated heterocycles. The number of hydrogen-bond acceptors (Lipinski definition) is 4. The molecule has 0 aromatic rings. The summed E-state index contributed by atoms with van der Waals surface area (Å²) in [6, 6.07) is 0. The Hall–Kier alpha value is -0.360. The van der Waals surface area contributed by atoms with Crippen LogP contribution in [0.5, 0.6) is 0 Å². The minimum Gasteiger partial charge on any atom is -0.369 e. The van der Waals surface area contributed by atoms with Crippen LogP contribution in [0.1, 0.15) is 13.8 Å². The molecule has 102 valence electrons. The van der Waals surface area contributed by atoms with Gasteiger partial charge in [0.05, 0.1) is 0 Å². The molecule has 6 heteroatoms. The van der Waals surface area contributed by atoms with Crippen LogP contribution in [0, 0.1) is 0 Å². The number of carbonyl (C=O) groups is 1. The Labute approximate surface area is 110 Å². The number of halogens is 1. The molecule has 1 heterocycles. The molecule has 0 radical (unpaired) electrons. The van der Waals surface area contributed by atoms with Gasteiger partial charge in [0.1, 0.15) is 6.10 Å². The van der Waals surface area contributed by atoms with Gasteiger partial charge in [-0.3, -0.25) is 9.69 Å². The highest BCUT2D eigenvalue weighted by Crippen LogP contribution is 1.92. The number of rotatable bonds is 6. The van der Waals surface area contributed by atoms with Gasteiger partial charge < -0.3 is 15.4 Å². The maximum Gasteiger partial charge on any atom is 0.248 e. The highest BCUT2D eigenvalue weighted by Gasteiger charge is 2.13. The maximum absolute atomic E-state index is 11.5. The largest absolute Gasteiger partial charge is 0.369 e. The van der Waals surface area contributed by atoms with Crippen molar-refractivity contribution in [2.45, 2.75) is 20.0 Å². The van der Waals surface area contributed by atoms with E-state index in [9.17, 15) is 4.79 Å². The lowest BCUT2D eigenvalue weighted by atomic mass is 10.3. The number of ether oxygens (including phenoxy) is 1. The lowest BCUT2D eigenvalue weighted by molar-refractivity contribution is -0.131. The Kier molecular flexibility index (Phi) is 9.44.